The minimum atomic E-state index is -0.900. The predicted molar refractivity (Wildman–Crippen MR) is 116 cm³/mol. The quantitative estimate of drug-likeness (QED) is 0.663. The molecule has 30 heavy (non-hydrogen) atoms. The summed E-state index contributed by atoms with van der Waals surface area (Å²) < 4.78 is 2.39. The zero-order valence-electron chi connectivity index (χ0n) is 16.9. The maximum Gasteiger partial charge on any atom is 0.270 e. The van der Waals surface area contributed by atoms with E-state index in [1.54, 1.807) is 0 Å². The minimum Gasteiger partial charge on any atom is -0.290 e. The van der Waals surface area contributed by atoms with Crippen LogP contribution >= 0.6 is 0 Å². The molecule has 3 aliphatic rings. The molecule has 1 aliphatic carbocycles. The van der Waals surface area contributed by atoms with Crippen molar-refractivity contribution in [3.8, 4) is 0 Å². The molecule has 3 aromatic rings. The SMILES string of the molecule is CC1=CC2Cc3cccc4[n+]3C2(C=C1)NC(=O)C4(c1ccccc1)c1ccccc1. The van der Waals surface area contributed by atoms with Gasteiger partial charge in [-0.25, -0.2) is 0 Å². The first-order chi connectivity index (χ1) is 14.7. The van der Waals surface area contributed by atoms with Crippen LogP contribution in [0.15, 0.2) is 103 Å². The molecule has 1 amide bonds. The number of pyridine rings is 1. The van der Waals surface area contributed by atoms with Gasteiger partial charge >= 0.3 is 0 Å². The Hall–Kier alpha value is -3.46. The molecule has 1 spiro atoms. The highest BCUT2D eigenvalue weighted by molar-refractivity contribution is 5.96. The number of nitrogens with zero attached hydrogens (tertiary/aromatic N) is 1. The van der Waals surface area contributed by atoms with Gasteiger partial charge in [-0.2, -0.15) is 4.57 Å². The standard InChI is InChI=1S/C27H22N2O/c1-19-15-16-26-22(17-19)18-23-13-8-14-24(29(23)26)27(25(30)28-26,20-9-4-2-5-10-20)21-11-6-3-7-12-21/h2-17,22H,18H2,1H3/p+1. The van der Waals surface area contributed by atoms with Crippen molar-refractivity contribution >= 4 is 5.91 Å². The van der Waals surface area contributed by atoms with Gasteiger partial charge in [-0.15, -0.1) is 0 Å². The summed E-state index contributed by atoms with van der Waals surface area (Å²) in [7, 11) is 0. The zero-order valence-corrected chi connectivity index (χ0v) is 16.9. The lowest BCUT2D eigenvalue weighted by Gasteiger charge is -2.42. The first-order valence-electron chi connectivity index (χ1n) is 10.5. The zero-order chi connectivity index (χ0) is 20.3. The van der Waals surface area contributed by atoms with E-state index in [0.717, 1.165) is 23.2 Å². The molecule has 1 aromatic heterocycles. The van der Waals surface area contributed by atoms with Crippen LogP contribution in [-0.4, -0.2) is 5.91 Å². The number of carbonyl (C=O) groups is 1. The Kier molecular flexibility index (Phi) is 3.49. The molecule has 2 aromatic carbocycles. The fourth-order valence-electron chi connectivity index (χ4n) is 5.69. The van der Waals surface area contributed by atoms with Crippen LogP contribution in [0.1, 0.15) is 29.4 Å². The highest BCUT2D eigenvalue weighted by atomic mass is 16.2. The maximum absolute atomic E-state index is 14.2. The number of hydrogen-bond donors (Lipinski definition) is 1. The summed E-state index contributed by atoms with van der Waals surface area (Å²) in [5.74, 6) is 0.249. The highest BCUT2D eigenvalue weighted by Crippen LogP contribution is 2.46. The Labute approximate surface area is 176 Å². The fourth-order valence-corrected chi connectivity index (χ4v) is 5.69. The van der Waals surface area contributed by atoms with Crippen molar-refractivity contribution in [1.29, 1.82) is 0 Å². The number of rotatable bonds is 2. The molecule has 3 heterocycles. The summed E-state index contributed by atoms with van der Waals surface area (Å²) >= 11 is 0. The van der Waals surface area contributed by atoms with Crippen LogP contribution in [0.2, 0.25) is 0 Å². The third kappa shape index (κ3) is 2.05. The molecule has 2 atom stereocenters. The minimum absolute atomic E-state index is 0.0292. The van der Waals surface area contributed by atoms with Crippen LogP contribution in [0.4, 0.5) is 0 Å². The molecule has 2 unspecified atom stereocenters. The van der Waals surface area contributed by atoms with Gasteiger partial charge in [0.2, 0.25) is 5.69 Å². The Morgan fingerprint density at radius 3 is 2.23 bits per heavy atom. The lowest BCUT2D eigenvalue weighted by Crippen LogP contribution is -2.76. The van der Waals surface area contributed by atoms with E-state index in [1.807, 2.05) is 36.4 Å². The molecule has 2 aliphatic heterocycles. The third-order valence-electron chi connectivity index (χ3n) is 6.95. The molecule has 3 heteroatoms. The molecule has 0 bridgehead atoms. The second-order valence-corrected chi connectivity index (χ2v) is 8.55. The molecule has 0 radical (unpaired) electrons. The van der Waals surface area contributed by atoms with Crippen molar-refractivity contribution in [1.82, 2.24) is 5.32 Å². The van der Waals surface area contributed by atoms with Crippen molar-refractivity contribution in [3.05, 3.63) is 125 Å². The third-order valence-corrected chi connectivity index (χ3v) is 6.95. The number of carbonyl (C=O) groups excluding carboxylic acids is 1. The van der Waals surface area contributed by atoms with Crippen LogP contribution in [0.25, 0.3) is 0 Å². The van der Waals surface area contributed by atoms with E-state index in [2.05, 4.69) is 77.5 Å². The molecule has 1 N–H and O–H groups in total. The summed E-state index contributed by atoms with van der Waals surface area (Å²) in [5.41, 5.74) is 4.07. The second-order valence-electron chi connectivity index (χ2n) is 8.55. The Morgan fingerprint density at radius 2 is 1.57 bits per heavy atom. The predicted octanol–water partition coefficient (Wildman–Crippen LogP) is 3.78. The smallest absolute Gasteiger partial charge is 0.270 e. The Morgan fingerprint density at radius 1 is 0.900 bits per heavy atom. The van der Waals surface area contributed by atoms with Crippen molar-refractivity contribution in [2.45, 2.75) is 24.4 Å². The van der Waals surface area contributed by atoms with Crippen LogP contribution in [0, 0.1) is 5.92 Å². The number of benzene rings is 2. The number of amides is 1. The maximum atomic E-state index is 14.2. The van der Waals surface area contributed by atoms with Gasteiger partial charge in [-0.05, 0) is 24.1 Å². The van der Waals surface area contributed by atoms with Gasteiger partial charge in [0.15, 0.2) is 11.1 Å². The van der Waals surface area contributed by atoms with E-state index in [9.17, 15) is 4.79 Å². The molecular formula is C27H23N2O+. The van der Waals surface area contributed by atoms with E-state index in [1.165, 1.54) is 11.3 Å². The van der Waals surface area contributed by atoms with E-state index >= 15 is 0 Å². The monoisotopic (exact) mass is 391 g/mol. The van der Waals surface area contributed by atoms with Crippen molar-refractivity contribution in [3.63, 3.8) is 0 Å². The normalized spacial score (nSPS) is 25.2. The number of allylic oxidation sites excluding steroid dienone is 2. The van der Waals surface area contributed by atoms with Gasteiger partial charge < -0.3 is 0 Å². The molecule has 0 saturated heterocycles. The Balaban J connectivity index is 1.72. The summed E-state index contributed by atoms with van der Waals surface area (Å²) in [6.45, 7) is 2.13. The first-order valence-corrected chi connectivity index (χ1v) is 10.5. The van der Waals surface area contributed by atoms with Crippen LogP contribution in [0.3, 0.4) is 0 Å². The molecule has 0 fully saturated rings. The van der Waals surface area contributed by atoms with Crippen LogP contribution in [0.5, 0.6) is 0 Å². The molecular weight excluding hydrogens is 368 g/mol. The van der Waals surface area contributed by atoms with Gasteiger partial charge in [0.05, 0.1) is 5.92 Å². The largest absolute Gasteiger partial charge is 0.290 e. The first kappa shape index (κ1) is 17.4. The van der Waals surface area contributed by atoms with Crippen LogP contribution < -0.4 is 9.88 Å². The van der Waals surface area contributed by atoms with E-state index < -0.39 is 11.1 Å². The number of nitrogens with one attached hydrogen (secondary N) is 1. The summed E-state index contributed by atoms with van der Waals surface area (Å²) in [4.78, 5) is 14.2. The van der Waals surface area contributed by atoms with E-state index in [-0.39, 0.29) is 11.8 Å². The van der Waals surface area contributed by atoms with Crippen molar-refractivity contribution < 1.29 is 9.36 Å². The number of aromatic nitrogens is 1. The van der Waals surface area contributed by atoms with Gasteiger partial charge in [0.25, 0.3) is 11.6 Å². The van der Waals surface area contributed by atoms with Gasteiger partial charge in [0.1, 0.15) is 0 Å². The topological polar surface area (TPSA) is 33.0 Å². The van der Waals surface area contributed by atoms with Gasteiger partial charge in [-0.1, -0.05) is 78.4 Å². The molecule has 6 rings (SSSR count). The van der Waals surface area contributed by atoms with E-state index in [4.69, 9.17) is 0 Å². The van der Waals surface area contributed by atoms with E-state index in [0.29, 0.717) is 0 Å². The van der Waals surface area contributed by atoms with Crippen LogP contribution in [-0.2, 0) is 22.3 Å². The Bertz CT molecular complexity index is 1190. The average molecular weight is 391 g/mol. The summed E-state index contributed by atoms with van der Waals surface area (Å²) in [6, 6.07) is 26.8. The lowest BCUT2D eigenvalue weighted by atomic mass is 9.68. The molecule has 3 nitrogen and oxygen atoms in total. The van der Waals surface area contributed by atoms with Gasteiger partial charge in [0, 0.05) is 24.6 Å². The van der Waals surface area contributed by atoms with Crippen molar-refractivity contribution in [2.75, 3.05) is 0 Å². The average Bonchev–Trinajstić information content (AvgIpc) is 3.10. The lowest BCUT2D eigenvalue weighted by molar-refractivity contribution is -0.765. The molecule has 0 saturated carbocycles. The second kappa shape index (κ2) is 6.02. The van der Waals surface area contributed by atoms with Gasteiger partial charge in [-0.3, -0.25) is 10.1 Å². The highest BCUT2D eigenvalue weighted by Gasteiger charge is 2.65. The number of hydrogen-bond acceptors (Lipinski definition) is 1. The summed E-state index contributed by atoms with van der Waals surface area (Å²) in [6.07, 6.45) is 7.53. The fraction of sp³-hybridized carbons (Fsp3) is 0.185. The van der Waals surface area contributed by atoms with Crippen molar-refractivity contribution in [2.24, 2.45) is 5.92 Å². The summed E-state index contributed by atoms with van der Waals surface area (Å²) in [5, 5.41) is 3.49. The molecule has 146 valence electrons.